The Labute approximate surface area is 146 Å². The first-order valence-corrected chi connectivity index (χ1v) is 10.4. The highest BCUT2D eigenvalue weighted by Crippen LogP contribution is 2.36. The van der Waals surface area contributed by atoms with Gasteiger partial charge in [-0.05, 0) is 25.7 Å². The fraction of sp³-hybridized carbons (Fsp3) is 1.00. The number of hydrogen-bond acceptors (Lipinski definition) is 2. The van der Waals surface area contributed by atoms with Crippen LogP contribution in [-0.2, 0) is 9.47 Å². The lowest BCUT2D eigenvalue weighted by atomic mass is 9.85. The number of methoxy groups -OCH3 is 1. The zero-order chi connectivity index (χ0) is 17.4. The fourth-order valence-electron chi connectivity index (χ4n) is 3.52. The van der Waals surface area contributed by atoms with E-state index in [0.717, 1.165) is 19.4 Å². The van der Waals surface area contributed by atoms with Crippen LogP contribution in [-0.4, -0.2) is 19.5 Å². The average molecular weight is 329 g/mol. The molecule has 0 radical (unpaired) electrons. The van der Waals surface area contributed by atoms with Gasteiger partial charge in [0.1, 0.15) is 0 Å². The maximum absolute atomic E-state index is 6.32. The van der Waals surface area contributed by atoms with Crippen LogP contribution in [0, 0.1) is 5.92 Å². The lowest BCUT2D eigenvalue weighted by Gasteiger charge is -2.40. The Balaban J connectivity index is 4.62. The summed E-state index contributed by atoms with van der Waals surface area (Å²) in [5, 5.41) is 0. The summed E-state index contributed by atoms with van der Waals surface area (Å²) in [5.74, 6) is 0.201. The van der Waals surface area contributed by atoms with Crippen LogP contribution in [0.25, 0.3) is 0 Å². The summed E-state index contributed by atoms with van der Waals surface area (Å²) in [6.07, 6.45) is 16.4. The Bertz CT molecular complexity index is 232. The second kappa shape index (κ2) is 15.4. The molecule has 0 aliphatic carbocycles. The number of rotatable bonds is 17. The third-order valence-electron chi connectivity index (χ3n) is 4.94. The predicted molar refractivity (Wildman–Crippen MR) is 102 cm³/mol. The van der Waals surface area contributed by atoms with Crippen molar-refractivity contribution in [3.63, 3.8) is 0 Å². The lowest BCUT2D eigenvalue weighted by molar-refractivity contribution is -0.261. The van der Waals surface area contributed by atoms with E-state index in [1.807, 2.05) is 7.11 Å². The minimum Gasteiger partial charge on any atom is -0.353 e. The van der Waals surface area contributed by atoms with Gasteiger partial charge in [-0.3, -0.25) is 0 Å². The van der Waals surface area contributed by atoms with Crippen LogP contribution in [0.3, 0.4) is 0 Å². The Morgan fingerprint density at radius 3 is 1.91 bits per heavy atom. The van der Waals surface area contributed by atoms with Crippen molar-refractivity contribution < 1.29 is 9.47 Å². The van der Waals surface area contributed by atoms with Crippen molar-refractivity contribution >= 4 is 0 Å². The van der Waals surface area contributed by atoms with Gasteiger partial charge in [0.05, 0.1) is 0 Å². The zero-order valence-corrected chi connectivity index (χ0v) is 16.8. The summed E-state index contributed by atoms with van der Waals surface area (Å²) in [4.78, 5) is 0. The van der Waals surface area contributed by atoms with E-state index < -0.39 is 0 Å². The largest absolute Gasteiger partial charge is 0.353 e. The maximum Gasteiger partial charge on any atom is 0.170 e. The first-order valence-electron chi connectivity index (χ1n) is 10.4. The van der Waals surface area contributed by atoms with Gasteiger partial charge in [0, 0.05) is 26.1 Å². The quantitative estimate of drug-likeness (QED) is 0.209. The molecule has 0 fully saturated rings. The van der Waals surface area contributed by atoms with Crippen molar-refractivity contribution in [1.29, 1.82) is 0 Å². The molecule has 2 heteroatoms. The first-order chi connectivity index (χ1) is 11.2. The van der Waals surface area contributed by atoms with Gasteiger partial charge in [0.2, 0.25) is 0 Å². The molecule has 0 aromatic heterocycles. The average Bonchev–Trinajstić information content (AvgIpc) is 2.58. The van der Waals surface area contributed by atoms with E-state index in [-0.39, 0.29) is 5.79 Å². The first kappa shape index (κ1) is 22.9. The van der Waals surface area contributed by atoms with Gasteiger partial charge < -0.3 is 9.47 Å². The van der Waals surface area contributed by atoms with Crippen molar-refractivity contribution in [1.82, 2.24) is 0 Å². The SMILES string of the molecule is CCCCCCCCC(CCC)C(CCCC)(OC)OCCC. The molecule has 0 amide bonds. The third kappa shape index (κ3) is 9.72. The second-order valence-electron chi connectivity index (χ2n) is 7.01. The van der Waals surface area contributed by atoms with Gasteiger partial charge in [0.15, 0.2) is 5.79 Å². The normalized spacial score (nSPS) is 15.5. The van der Waals surface area contributed by atoms with Gasteiger partial charge in [-0.2, -0.15) is 0 Å². The maximum atomic E-state index is 6.32. The highest BCUT2D eigenvalue weighted by atomic mass is 16.7. The summed E-state index contributed by atoms with van der Waals surface area (Å²) in [6.45, 7) is 9.82. The van der Waals surface area contributed by atoms with Crippen LogP contribution >= 0.6 is 0 Å². The molecule has 0 N–H and O–H groups in total. The van der Waals surface area contributed by atoms with E-state index in [1.165, 1.54) is 70.6 Å². The molecule has 0 saturated heterocycles. The molecule has 0 aliphatic rings. The van der Waals surface area contributed by atoms with Crippen molar-refractivity contribution in [2.75, 3.05) is 13.7 Å². The standard InChI is InChI=1S/C21H44O2/c1-6-10-12-13-14-15-17-20(16-8-3)21(22-5,18-11-7-2)23-19-9-4/h20H,6-19H2,1-5H3. The molecular formula is C21H44O2. The Kier molecular flexibility index (Phi) is 15.4. The van der Waals surface area contributed by atoms with Crippen LogP contribution in [0.2, 0.25) is 0 Å². The van der Waals surface area contributed by atoms with E-state index in [9.17, 15) is 0 Å². The fourth-order valence-corrected chi connectivity index (χ4v) is 3.52. The Morgan fingerprint density at radius 1 is 0.696 bits per heavy atom. The molecule has 0 spiro atoms. The minimum atomic E-state index is -0.342. The van der Waals surface area contributed by atoms with Crippen LogP contribution in [0.4, 0.5) is 0 Å². The predicted octanol–water partition coefficient (Wildman–Crippen LogP) is 7.11. The highest BCUT2D eigenvalue weighted by Gasteiger charge is 2.38. The molecule has 0 bridgehead atoms. The number of hydrogen-bond donors (Lipinski definition) is 0. The van der Waals surface area contributed by atoms with Gasteiger partial charge in [-0.1, -0.05) is 79.1 Å². The number of ether oxygens (including phenoxy) is 2. The Hall–Kier alpha value is -0.0800. The molecular weight excluding hydrogens is 284 g/mol. The van der Waals surface area contributed by atoms with Crippen molar-refractivity contribution in [3.05, 3.63) is 0 Å². The number of unbranched alkanes of at least 4 members (excludes halogenated alkanes) is 6. The molecule has 23 heavy (non-hydrogen) atoms. The van der Waals surface area contributed by atoms with E-state index >= 15 is 0 Å². The Morgan fingerprint density at radius 2 is 1.35 bits per heavy atom. The summed E-state index contributed by atoms with van der Waals surface area (Å²) in [7, 11) is 1.86. The van der Waals surface area contributed by atoms with Crippen molar-refractivity contribution in [3.8, 4) is 0 Å². The van der Waals surface area contributed by atoms with E-state index in [1.54, 1.807) is 0 Å². The molecule has 2 unspecified atom stereocenters. The van der Waals surface area contributed by atoms with E-state index in [4.69, 9.17) is 9.47 Å². The summed E-state index contributed by atoms with van der Waals surface area (Å²) in [6, 6.07) is 0. The smallest absolute Gasteiger partial charge is 0.170 e. The van der Waals surface area contributed by atoms with Gasteiger partial charge >= 0.3 is 0 Å². The zero-order valence-electron chi connectivity index (χ0n) is 16.8. The second-order valence-corrected chi connectivity index (χ2v) is 7.01. The lowest BCUT2D eigenvalue weighted by Crippen LogP contribution is -2.43. The van der Waals surface area contributed by atoms with Gasteiger partial charge in [-0.25, -0.2) is 0 Å². The van der Waals surface area contributed by atoms with Gasteiger partial charge in [-0.15, -0.1) is 0 Å². The minimum absolute atomic E-state index is 0.342. The molecule has 0 heterocycles. The molecule has 0 aliphatic heterocycles. The molecule has 0 aromatic rings. The molecule has 2 atom stereocenters. The van der Waals surface area contributed by atoms with Crippen LogP contribution < -0.4 is 0 Å². The summed E-state index contributed by atoms with van der Waals surface area (Å²) >= 11 is 0. The van der Waals surface area contributed by atoms with Crippen LogP contribution in [0.15, 0.2) is 0 Å². The topological polar surface area (TPSA) is 18.5 Å². The summed E-state index contributed by atoms with van der Waals surface area (Å²) in [5.41, 5.74) is 0. The third-order valence-corrected chi connectivity index (χ3v) is 4.94. The molecule has 140 valence electrons. The van der Waals surface area contributed by atoms with Crippen LogP contribution in [0.1, 0.15) is 111 Å². The summed E-state index contributed by atoms with van der Waals surface area (Å²) < 4.78 is 12.3. The highest BCUT2D eigenvalue weighted by molar-refractivity contribution is 4.80. The molecule has 0 rings (SSSR count). The monoisotopic (exact) mass is 328 g/mol. The van der Waals surface area contributed by atoms with Crippen molar-refractivity contribution in [2.45, 2.75) is 117 Å². The van der Waals surface area contributed by atoms with Crippen LogP contribution in [0.5, 0.6) is 0 Å². The van der Waals surface area contributed by atoms with Crippen molar-refractivity contribution in [2.24, 2.45) is 5.92 Å². The van der Waals surface area contributed by atoms with E-state index in [0.29, 0.717) is 5.92 Å². The van der Waals surface area contributed by atoms with E-state index in [2.05, 4.69) is 27.7 Å². The molecule has 2 nitrogen and oxygen atoms in total. The molecule has 0 saturated carbocycles. The van der Waals surface area contributed by atoms with Gasteiger partial charge in [0.25, 0.3) is 0 Å². The molecule has 0 aromatic carbocycles.